The van der Waals surface area contributed by atoms with Crippen molar-refractivity contribution in [2.24, 2.45) is 5.92 Å². The number of carbonyl (C=O) groups is 1. The largest absolute Gasteiger partial charge is 0.493 e. The van der Waals surface area contributed by atoms with E-state index < -0.39 is 0 Å². The van der Waals surface area contributed by atoms with Gasteiger partial charge in [-0.25, -0.2) is 14.4 Å². The van der Waals surface area contributed by atoms with Gasteiger partial charge in [-0.1, -0.05) is 0 Å². The Morgan fingerprint density at radius 3 is 2.91 bits per heavy atom. The summed E-state index contributed by atoms with van der Waals surface area (Å²) in [7, 11) is 0. The topological polar surface area (TPSA) is 100 Å². The highest BCUT2D eigenvalue weighted by Crippen LogP contribution is 2.36. The number of nitrogens with one attached hydrogen (secondary N) is 2. The lowest BCUT2D eigenvalue weighted by Crippen LogP contribution is -2.39. The third-order valence-corrected chi connectivity index (χ3v) is 6.35. The van der Waals surface area contributed by atoms with Crippen molar-refractivity contribution in [2.45, 2.75) is 57.6 Å². The van der Waals surface area contributed by atoms with Gasteiger partial charge in [-0.3, -0.25) is 4.79 Å². The number of nitrogens with zero attached hydrogens (tertiary/aromatic N) is 2. The van der Waals surface area contributed by atoms with Gasteiger partial charge in [0.05, 0.1) is 23.8 Å². The maximum Gasteiger partial charge on any atom is 0.255 e. The van der Waals surface area contributed by atoms with E-state index in [1.165, 1.54) is 18.5 Å². The Labute approximate surface area is 185 Å². The van der Waals surface area contributed by atoms with Crippen molar-refractivity contribution in [3.63, 3.8) is 0 Å². The Balaban J connectivity index is 1.50. The van der Waals surface area contributed by atoms with E-state index in [2.05, 4.69) is 20.3 Å². The second-order valence-corrected chi connectivity index (χ2v) is 8.96. The molecule has 2 aromatic heterocycles. The van der Waals surface area contributed by atoms with Gasteiger partial charge in [0, 0.05) is 17.3 Å². The molecule has 2 aliphatic carbocycles. The van der Waals surface area contributed by atoms with Crippen LogP contribution in [-0.4, -0.2) is 44.7 Å². The molecule has 2 fully saturated rings. The van der Waals surface area contributed by atoms with Gasteiger partial charge in [-0.05, 0) is 69.6 Å². The van der Waals surface area contributed by atoms with Crippen LogP contribution in [0.25, 0.3) is 22.3 Å². The van der Waals surface area contributed by atoms with Crippen LogP contribution in [0, 0.1) is 18.7 Å². The van der Waals surface area contributed by atoms with Crippen molar-refractivity contribution in [2.75, 3.05) is 6.61 Å². The van der Waals surface area contributed by atoms with Crippen LogP contribution in [0.4, 0.5) is 4.39 Å². The van der Waals surface area contributed by atoms with Gasteiger partial charge in [0.15, 0.2) is 0 Å². The number of aliphatic hydroxyl groups excluding tert-OH is 1. The minimum absolute atomic E-state index is 0.0671. The lowest BCUT2D eigenvalue weighted by Gasteiger charge is -2.26. The predicted octanol–water partition coefficient (Wildman–Crippen LogP) is 3.89. The SMILES string of the molecule is Cc1[nH]c2c(-c3cc(F)ccc3OCC3CC3)ncnc2c1C(=O)N[C@H]1CCC[C@H](O)C1. The van der Waals surface area contributed by atoms with Crippen LogP contribution in [0.15, 0.2) is 24.5 Å². The number of halogens is 1. The van der Waals surface area contributed by atoms with E-state index in [0.29, 0.717) is 58.2 Å². The highest BCUT2D eigenvalue weighted by Gasteiger charge is 2.27. The number of aryl methyl sites for hydroxylation is 1. The van der Waals surface area contributed by atoms with E-state index in [4.69, 9.17) is 4.74 Å². The van der Waals surface area contributed by atoms with Gasteiger partial charge in [-0.15, -0.1) is 0 Å². The molecule has 32 heavy (non-hydrogen) atoms. The Hall–Kier alpha value is -3.00. The quantitative estimate of drug-likeness (QED) is 0.542. The summed E-state index contributed by atoms with van der Waals surface area (Å²) < 4.78 is 20.1. The van der Waals surface area contributed by atoms with E-state index in [0.717, 1.165) is 32.1 Å². The summed E-state index contributed by atoms with van der Waals surface area (Å²) in [6, 6.07) is 4.34. The number of hydrogen-bond donors (Lipinski definition) is 3. The number of hydrogen-bond acceptors (Lipinski definition) is 5. The first-order valence-electron chi connectivity index (χ1n) is 11.2. The Morgan fingerprint density at radius 1 is 1.28 bits per heavy atom. The van der Waals surface area contributed by atoms with Gasteiger partial charge in [-0.2, -0.15) is 0 Å². The number of aromatic amines is 1. The van der Waals surface area contributed by atoms with E-state index in [-0.39, 0.29) is 23.9 Å². The van der Waals surface area contributed by atoms with Crippen molar-refractivity contribution in [1.29, 1.82) is 0 Å². The highest BCUT2D eigenvalue weighted by atomic mass is 19.1. The van der Waals surface area contributed by atoms with E-state index in [1.807, 2.05) is 6.92 Å². The summed E-state index contributed by atoms with van der Waals surface area (Å²) >= 11 is 0. The maximum atomic E-state index is 14.2. The number of carbonyl (C=O) groups excluding carboxylic acids is 1. The molecule has 0 spiro atoms. The van der Waals surface area contributed by atoms with Crippen LogP contribution in [0.1, 0.15) is 54.6 Å². The summed E-state index contributed by atoms with van der Waals surface area (Å²) in [5, 5.41) is 13.0. The van der Waals surface area contributed by atoms with Crippen LogP contribution in [0.2, 0.25) is 0 Å². The van der Waals surface area contributed by atoms with E-state index >= 15 is 0 Å². The van der Waals surface area contributed by atoms with Gasteiger partial charge >= 0.3 is 0 Å². The average molecular weight is 439 g/mol. The Kier molecular flexibility index (Phi) is 5.55. The number of aliphatic hydroxyl groups is 1. The van der Waals surface area contributed by atoms with Crippen molar-refractivity contribution >= 4 is 16.9 Å². The summed E-state index contributed by atoms with van der Waals surface area (Å²) in [6.07, 6.45) is 6.37. The average Bonchev–Trinajstić information content (AvgIpc) is 3.52. The number of amides is 1. The number of aromatic nitrogens is 3. The fraction of sp³-hybridized carbons (Fsp3) is 0.458. The number of ether oxygens (including phenoxy) is 1. The number of H-pyrrole nitrogens is 1. The lowest BCUT2D eigenvalue weighted by atomic mass is 9.93. The number of benzene rings is 1. The summed E-state index contributed by atoms with van der Waals surface area (Å²) in [5.74, 6) is 0.497. The minimum atomic E-state index is -0.386. The zero-order valence-corrected chi connectivity index (χ0v) is 18.0. The fourth-order valence-corrected chi connectivity index (χ4v) is 4.46. The third kappa shape index (κ3) is 4.19. The molecule has 1 aromatic carbocycles. The smallest absolute Gasteiger partial charge is 0.255 e. The molecule has 3 aromatic rings. The zero-order chi connectivity index (χ0) is 22.2. The molecule has 0 aliphatic heterocycles. The molecule has 1 amide bonds. The fourth-order valence-electron chi connectivity index (χ4n) is 4.46. The zero-order valence-electron chi connectivity index (χ0n) is 18.0. The lowest BCUT2D eigenvalue weighted by molar-refractivity contribution is 0.0850. The molecule has 0 radical (unpaired) electrons. The highest BCUT2D eigenvalue weighted by molar-refractivity contribution is 6.09. The normalized spacial score (nSPS) is 21.0. The first-order valence-corrected chi connectivity index (χ1v) is 11.2. The van der Waals surface area contributed by atoms with Gasteiger partial charge in [0.1, 0.15) is 29.1 Å². The standard InChI is InChI=1S/C24H27FN4O3/c1-13-20(24(31)29-16-3-2-4-17(30)10-16)22-23(28-13)21(26-12-27-22)18-9-15(25)7-8-19(18)32-11-14-5-6-14/h7-9,12,14,16-17,28,30H,2-6,10-11H2,1H3,(H,29,31)/t16-,17-/m0/s1. The molecule has 0 bridgehead atoms. The molecule has 0 unspecified atom stereocenters. The van der Waals surface area contributed by atoms with Gasteiger partial charge in [0.25, 0.3) is 5.91 Å². The summed E-state index contributed by atoms with van der Waals surface area (Å²) in [6.45, 7) is 2.41. The molecule has 0 saturated heterocycles. The van der Waals surface area contributed by atoms with Crippen LogP contribution in [-0.2, 0) is 0 Å². The molecule has 8 heteroatoms. The number of rotatable bonds is 6. The van der Waals surface area contributed by atoms with Crippen molar-refractivity contribution in [3.05, 3.63) is 41.6 Å². The van der Waals surface area contributed by atoms with Crippen molar-refractivity contribution in [3.8, 4) is 17.0 Å². The maximum absolute atomic E-state index is 14.2. The van der Waals surface area contributed by atoms with Crippen molar-refractivity contribution in [1.82, 2.24) is 20.3 Å². The van der Waals surface area contributed by atoms with E-state index in [9.17, 15) is 14.3 Å². The van der Waals surface area contributed by atoms with E-state index in [1.54, 1.807) is 6.07 Å². The first kappa shape index (κ1) is 20.9. The first-order chi connectivity index (χ1) is 15.5. The molecule has 2 atom stereocenters. The summed E-state index contributed by atoms with van der Waals surface area (Å²) in [5.41, 5.74) is 3.18. The summed E-state index contributed by atoms with van der Waals surface area (Å²) in [4.78, 5) is 25.1. The molecule has 2 saturated carbocycles. The second kappa shape index (κ2) is 8.50. The van der Waals surface area contributed by atoms with Crippen LogP contribution < -0.4 is 10.1 Å². The van der Waals surface area contributed by atoms with Crippen molar-refractivity contribution < 1.29 is 19.0 Å². The molecule has 7 nitrogen and oxygen atoms in total. The molecule has 5 rings (SSSR count). The van der Waals surface area contributed by atoms with Crippen LogP contribution in [0.5, 0.6) is 5.75 Å². The van der Waals surface area contributed by atoms with Gasteiger partial charge in [0.2, 0.25) is 0 Å². The molecular weight excluding hydrogens is 411 g/mol. The van der Waals surface area contributed by atoms with Gasteiger partial charge < -0.3 is 20.1 Å². The molecular formula is C24H27FN4O3. The Bertz CT molecular complexity index is 1160. The molecule has 2 heterocycles. The monoisotopic (exact) mass is 438 g/mol. The second-order valence-electron chi connectivity index (χ2n) is 8.96. The third-order valence-electron chi connectivity index (χ3n) is 6.35. The molecule has 2 aliphatic rings. The molecule has 3 N–H and O–H groups in total. The molecule has 168 valence electrons. The predicted molar refractivity (Wildman–Crippen MR) is 118 cm³/mol. The Morgan fingerprint density at radius 2 is 2.12 bits per heavy atom. The van der Waals surface area contributed by atoms with Crippen LogP contribution in [0.3, 0.4) is 0 Å². The minimum Gasteiger partial charge on any atom is -0.493 e. The van der Waals surface area contributed by atoms with Crippen LogP contribution >= 0.6 is 0 Å². The number of fused-ring (bicyclic) bond motifs is 1.